The van der Waals surface area contributed by atoms with Gasteiger partial charge in [-0.05, 0) is 30.7 Å². The number of hydrogen-bond donors (Lipinski definition) is 1. The molecule has 0 amide bonds. The molecule has 0 aliphatic rings. The second kappa shape index (κ2) is 4.43. The molecule has 6 heteroatoms. The van der Waals surface area contributed by atoms with Gasteiger partial charge in [0.2, 0.25) is 0 Å². The monoisotopic (exact) mass is 262 g/mol. The van der Waals surface area contributed by atoms with Crippen LogP contribution in [0, 0.1) is 0 Å². The number of rotatable bonds is 3. The first kappa shape index (κ1) is 13.0. The Balaban J connectivity index is 3.34. The van der Waals surface area contributed by atoms with E-state index in [2.05, 4.69) is 0 Å². The van der Waals surface area contributed by atoms with Crippen LogP contribution in [0.2, 0.25) is 5.02 Å². The smallest absolute Gasteiger partial charge is 0.310 e. The summed E-state index contributed by atoms with van der Waals surface area (Å²) in [6.07, 6.45) is 1.05. The van der Waals surface area contributed by atoms with Crippen molar-refractivity contribution in [1.29, 1.82) is 0 Å². The van der Waals surface area contributed by atoms with Crippen LogP contribution in [0.5, 0.6) is 0 Å². The average Bonchev–Trinajstić information content (AvgIpc) is 2.14. The molecule has 88 valence electrons. The van der Waals surface area contributed by atoms with Gasteiger partial charge >= 0.3 is 5.97 Å². The Morgan fingerprint density at radius 1 is 1.38 bits per heavy atom. The molecule has 16 heavy (non-hydrogen) atoms. The van der Waals surface area contributed by atoms with Crippen LogP contribution >= 0.6 is 11.6 Å². The molecular weight excluding hydrogens is 252 g/mol. The lowest BCUT2D eigenvalue weighted by Crippen LogP contribution is -2.08. The summed E-state index contributed by atoms with van der Waals surface area (Å²) >= 11 is 5.75. The van der Waals surface area contributed by atoms with E-state index < -0.39 is 21.7 Å². The predicted octanol–water partition coefficient (Wildman–Crippen LogP) is 1.93. The van der Waals surface area contributed by atoms with Gasteiger partial charge in [0, 0.05) is 11.3 Å². The maximum Gasteiger partial charge on any atom is 0.310 e. The number of sulfone groups is 1. The third kappa shape index (κ3) is 2.96. The van der Waals surface area contributed by atoms with Crippen molar-refractivity contribution in [3.63, 3.8) is 0 Å². The van der Waals surface area contributed by atoms with E-state index in [1.807, 2.05) is 0 Å². The van der Waals surface area contributed by atoms with Crippen LogP contribution in [0.3, 0.4) is 0 Å². The summed E-state index contributed by atoms with van der Waals surface area (Å²) in [7, 11) is -3.38. The first-order chi connectivity index (χ1) is 7.21. The van der Waals surface area contributed by atoms with Gasteiger partial charge in [0.1, 0.15) is 0 Å². The van der Waals surface area contributed by atoms with Crippen LogP contribution in [0.15, 0.2) is 23.1 Å². The maximum atomic E-state index is 11.3. The number of carboxylic acid groups (broad SMARTS) is 1. The van der Waals surface area contributed by atoms with Crippen molar-refractivity contribution < 1.29 is 18.3 Å². The molecule has 0 fully saturated rings. The molecule has 1 aromatic rings. The van der Waals surface area contributed by atoms with Crippen molar-refractivity contribution in [2.75, 3.05) is 6.26 Å². The lowest BCUT2D eigenvalue weighted by atomic mass is 10.0. The molecule has 0 aliphatic carbocycles. The van der Waals surface area contributed by atoms with E-state index in [1.54, 1.807) is 0 Å². The van der Waals surface area contributed by atoms with Gasteiger partial charge in [-0.25, -0.2) is 8.42 Å². The average molecular weight is 263 g/mol. The zero-order chi connectivity index (χ0) is 12.5. The largest absolute Gasteiger partial charge is 0.481 e. The maximum absolute atomic E-state index is 11.3. The molecule has 1 aromatic carbocycles. The second-order valence-electron chi connectivity index (χ2n) is 3.55. The summed E-state index contributed by atoms with van der Waals surface area (Å²) in [4.78, 5) is 10.8. The number of hydrogen-bond acceptors (Lipinski definition) is 3. The number of halogens is 1. The van der Waals surface area contributed by atoms with Crippen LogP contribution in [-0.2, 0) is 14.6 Å². The van der Waals surface area contributed by atoms with Gasteiger partial charge in [0.25, 0.3) is 0 Å². The first-order valence-corrected chi connectivity index (χ1v) is 6.72. The van der Waals surface area contributed by atoms with Crippen molar-refractivity contribution >= 4 is 27.4 Å². The molecule has 0 radical (unpaired) electrons. The Hall–Kier alpha value is -1.07. The molecule has 0 saturated heterocycles. The minimum atomic E-state index is -3.38. The highest BCUT2D eigenvalue weighted by Gasteiger charge is 2.17. The summed E-state index contributed by atoms with van der Waals surface area (Å²) in [5.74, 6) is -1.82. The molecule has 0 aromatic heterocycles. The summed E-state index contributed by atoms with van der Waals surface area (Å²) in [5.41, 5.74) is 0.375. The Labute approximate surface area is 98.8 Å². The highest BCUT2D eigenvalue weighted by molar-refractivity contribution is 7.90. The Morgan fingerprint density at radius 2 is 1.94 bits per heavy atom. The minimum absolute atomic E-state index is 0.0306. The fourth-order valence-electron chi connectivity index (χ4n) is 1.19. The summed E-state index contributed by atoms with van der Waals surface area (Å²) in [6.45, 7) is 1.47. The number of aliphatic carboxylic acids is 1. The number of carbonyl (C=O) groups is 1. The van der Waals surface area contributed by atoms with Crippen LogP contribution in [-0.4, -0.2) is 25.7 Å². The number of benzene rings is 1. The third-order valence-electron chi connectivity index (χ3n) is 2.19. The van der Waals surface area contributed by atoms with Crippen LogP contribution < -0.4 is 0 Å². The van der Waals surface area contributed by atoms with Gasteiger partial charge in [-0.15, -0.1) is 0 Å². The zero-order valence-electron chi connectivity index (χ0n) is 8.77. The van der Waals surface area contributed by atoms with Crippen molar-refractivity contribution in [1.82, 2.24) is 0 Å². The molecular formula is C10H11ClO4S. The van der Waals surface area contributed by atoms with E-state index >= 15 is 0 Å². The van der Waals surface area contributed by atoms with Gasteiger partial charge in [-0.1, -0.05) is 11.6 Å². The lowest BCUT2D eigenvalue weighted by Gasteiger charge is -2.09. The first-order valence-electron chi connectivity index (χ1n) is 4.45. The molecule has 0 heterocycles. The molecule has 0 saturated carbocycles. The normalized spacial score (nSPS) is 13.4. The molecule has 4 nitrogen and oxygen atoms in total. The highest BCUT2D eigenvalue weighted by atomic mass is 35.5. The van der Waals surface area contributed by atoms with Gasteiger partial charge in [-0.2, -0.15) is 0 Å². The van der Waals surface area contributed by atoms with Gasteiger partial charge in [0.05, 0.1) is 10.8 Å². The fourth-order valence-corrected chi connectivity index (χ4v) is 2.19. The van der Waals surface area contributed by atoms with Crippen molar-refractivity contribution in [2.24, 2.45) is 0 Å². The quantitative estimate of drug-likeness (QED) is 0.904. The van der Waals surface area contributed by atoms with Crippen molar-refractivity contribution in [3.05, 3.63) is 28.8 Å². The zero-order valence-corrected chi connectivity index (χ0v) is 10.3. The Bertz CT molecular complexity index is 522. The highest BCUT2D eigenvalue weighted by Crippen LogP contribution is 2.24. The molecule has 1 rings (SSSR count). The molecule has 1 atom stereocenters. The third-order valence-corrected chi connectivity index (χ3v) is 3.50. The molecule has 0 spiro atoms. The fraction of sp³-hybridized carbons (Fsp3) is 0.300. The van der Waals surface area contributed by atoms with Crippen molar-refractivity contribution in [3.8, 4) is 0 Å². The van der Waals surface area contributed by atoms with Crippen LogP contribution in [0.1, 0.15) is 18.4 Å². The molecule has 0 aliphatic heterocycles. The summed E-state index contributed by atoms with van der Waals surface area (Å²) in [6, 6.07) is 4.09. The second-order valence-corrected chi connectivity index (χ2v) is 6.00. The van der Waals surface area contributed by atoms with Gasteiger partial charge < -0.3 is 5.11 Å². The predicted molar refractivity (Wildman–Crippen MR) is 60.6 cm³/mol. The van der Waals surface area contributed by atoms with E-state index in [9.17, 15) is 13.2 Å². The minimum Gasteiger partial charge on any atom is -0.481 e. The SMILES string of the molecule is CC(C(=O)O)c1cc(Cl)cc(S(C)(=O)=O)c1. The Morgan fingerprint density at radius 3 is 2.38 bits per heavy atom. The van der Waals surface area contributed by atoms with E-state index in [0.29, 0.717) is 5.56 Å². The summed E-state index contributed by atoms with van der Waals surface area (Å²) in [5, 5.41) is 9.04. The lowest BCUT2D eigenvalue weighted by molar-refractivity contribution is -0.138. The Kier molecular flexibility index (Phi) is 3.60. The van der Waals surface area contributed by atoms with E-state index in [-0.39, 0.29) is 9.92 Å². The molecule has 0 bridgehead atoms. The number of carboxylic acids is 1. The summed E-state index contributed by atoms with van der Waals surface area (Å²) < 4.78 is 22.6. The standard InChI is InChI=1S/C10H11ClO4S/c1-6(10(12)13)7-3-8(11)5-9(4-7)16(2,14)15/h3-6H,1-2H3,(H,12,13). The topological polar surface area (TPSA) is 71.4 Å². The van der Waals surface area contributed by atoms with E-state index in [4.69, 9.17) is 16.7 Å². The van der Waals surface area contributed by atoms with E-state index in [0.717, 1.165) is 6.26 Å². The van der Waals surface area contributed by atoms with E-state index in [1.165, 1.54) is 25.1 Å². The van der Waals surface area contributed by atoms with Gasteiger partial charge in [0.15, 0.2) is 9.84 Å². The molecule has 1 N–H and O–H groups in total. The van der Waals surface area contributed by atoms with Crippen LogP contribution in [0.25, 0.3) is 0 Å². The van der Waals surface area contributed by atoms with Crippen molar-refractivity contribution in [2.45, 2.75) is 17.7 Å². The van der Waals surface area contributed by atoms with Gasteiger partial charge in [-0.3, -0.25) is 4.79 Å². The van der Waals surface area contributed by atoms with Crippen LogP contribution in [0.4, 0.5) is 0 Å². The molecule has 1 unspecified atom stereocenters.